The highest BCUT2D eigenvalue weighted by Crippen LogP contribution is 2.07. The Morgan fingerprint density at radius 3 is 3.00 bits per heavy atom. The van der Waals surface area contributed by atoms with Crippen LogP contribution in [-0.4, -0.2) is 11.3 Å². The smallest absolute Gasteiger partial charge is 0.169 e. The number of hydrogen-bond acceptors (Lipinski definition) is 3. The summed E-state index contributed by atoms with van der Waals surface area (Å²) in [4.78, 5) is 14.1. The number of carbonyl (C=O) groups is 1. The Balaban J connectivity index is 2.86. The average molecular weight is 141 g/mol. The minimum absolute atomic E-state index is 0.553. The maximum absolute atomic E-state index is 10.1. The van der Waals surface area contributed by atoms with Crippen molar-refractivity contribution >= 4 is 17.6 Å². The van der Waals surface area contributed by atoms with Gasteiger partial charge in [0.15, 0.2) is 6.29 Å². The summed E-state index contributed by atoms with van der Waals surface area (Å²) < 4.78 is 0. The number of nitrogens with zero attached hydrogens (tertiary/aromatic N) is 1. The molecule has 0 amide bonds. The number of rotatable bonds is 2. The monoisotopic (exact) mass is 141 g/mol. The molecule has 1 aromatic heterocycles. The van der Waals surface area contributed by atoms with E-state index in [0.29, 0.717) is 5.69 Å². The van der Waals surface area contributed by atoms with Gasteiger partial charge in [-0.15, -0.1) is 11.3 Å². The molecule has 1 heterocycles. The van der Waals surface area contributed by atoms with Gasteiger partial charge in [-0.2, -0.15) is 0 Å². The minimum atomic E-state index is 0.553. The molecule has 0 aromatic carbocycles. The number of carbonyl (C=O) groups excluding carboxylic acids is 1. The van der Waals surface area contributed by atoms with Crippen molar-refractivity contribution in [2.45, 2.75) is 13.3 Å². The Kier molecular flexibility index (Phi) is 1.95. The highest BCUT2D eigenvalue weighted by atomic mass is 32.1. The Bertz CT molecular complexity index is 207. The summed E-state index contributed by atoms with van der Waals surface area (Å²) in [5.41, 5.74) is 0.553. The van der Waals surface area contributed by atoms with Crippen molar-refractivity contribution in [1.82, 2.24) is 4.98 Å². The number of thiazole rings is 1. The zero-order valence-corrected chi connectivity index (χ0v) is 5.94. The largest absolute Gasteiger partial charge is 0.296 e. The molecule has 2 nitrogen and oxygen atoms in total. The van der Waals surface area contributed by atoms with Gasteiger partial charge in [-0.1, -0.05) is 6.92 Å². The molecular weight excluding hydrogens is 134 g/mol. The van der Waals surface area contributed by atoms with E-state index in [1.54, 1.807) is 5.38 Å². The molecule has 0 N–H and O–H groups in total. The fraction of sp³-hybridized carbons (Fsp3) is 0.333. The van der Waals surface area contributed by atoms with Crippen LogP contribution in [0.2, 0.25) is 0 Å². The lowest BCUT2D eigenvalue weighted by molar-refractivity contribution is 0.111. The fourth-order valence-corrected chi connectivity index (χ4v) is 1.23. The zero-order chi connectivity index (χ0) is 6.69. The summed E-state index contributed by atoms with van der Waals surface area (Å²) in [7, 11) is 0. The molecule has 48 valence electrons. The molecule has 0 spiro atoms. The summed E-state index contributed by atoms with van der Waals surface area (Å²) >= 11 is 1.53. The van der Waals surface area contributed by atoms with E-state index >= 15 is 0 Å². The predicted octanol–water partition coefficient (Wildman–Crippen LogP) is 1.52. The first-order valence-electron chi connectivity index (χ1n) is 2.76. The summed E-state index contributed by atoms with van der Waals surface area (Å²) in [6, 6.07) is 0. The van der Waals surface area contributed by atoms with Gasteiger partial charge in [0, 0.05) is 5.38 Å². The van der Waals surface area contributed by atoms with Crippen LogP contribution in [0.1, 0.15) is 22.4 Å². The molecule has 0 fully saturated rings. The fourth-order valence-electron chi connectivity index (χ4n) is 0.542. The van der Waals surface area contributed by atoms with Crippen LogP contribution in [0.15, 0.2) is 5.38 Å². The van der Waals surface area contributed by atoms with Gasteiger partial charge in [0.2, 0.25) is 0 Å². The summed E-state index contributed by atoms with van der Waals surface area (Å²) in [6.07, 6.45) is 1.69. The number of aldehydes is 1. The van der Waals surface area contributed by atoms with Crippen LogP contribution in [0.4, 0.5) is 0 Å². The lowest BCUT2D eigenvalue weighted by atomic mass is 10.5. The SMILES string of the molecule is CCc1nc(C=O)cs1. The molecule has 3 heteroatoms. The molecule has 0 unspecified atom stereocenters. The lowest BCUT2D eigenvalue weighted by Gasteiger charge is -1.79. The highest BCUT2D eigenvalue weighted by Gasteiger charge is 1.95. The molecule has 1 rings (SSSR count). The zero-order valence-electron chi connectivity index (χ0n) is 5.13. The van der Waals surface area contributed by atoms with Gasteiger partial charge in [0.1, 0.15) is 5.69 Å². The maximum atomic E-state index is 10.1. The van der Waals surface area contributed by atoms with Gasteiger partial charge in [-0.25, -0.2) is 4.98 Å². The van der Waals surface area contributed by atoms with E-state index in [-0.39, 0.29) is 0 Å². The summed E-state index contributed by atoms with van der Waals surface area (Å²) in [6.45, 7) is 2.02. The van der Waals surface area contributed by atoms with Gasteiger partial charge in [0.05, 0.1) is 5.01 Å². The van der Waals surface area contributed by atoms with Crippen LogP contribution < -0.4 is 0 Å². The van der Waals surface area contributed by atoms with E-state index in [1.165, 1.54) is 11.3 Å². The molecular formula is C6H7NOS. The Labute approximate surface area is 57.5 Å². The molecule has 0 aliphatic rings. The number of aromatic nitrogens is 1. The lowest BCUT2D eigenvalue weighted by Crippen LogP contribution is -1.80. The molecule has 0 atom stereocenters. The Morgan fingerprint density at radius 2 is 2.67 bits per heavy atom. The molecule has 0 radical (unpaired) electrons. The molecule has 0 bridgehead atoms. The van der Waals surface area contributed by atoms with Crippen LogP contribution in [0.3, 0.4) is 0 Å². The van der Waals surface area contributed by atoms with Gasteiger partial charge in [0.25, 0.3) is 0 Å². The molecule has 0 saturated heterocycles. The van der Waals surface area contributed by atoms with E-state index in [9.17, 15) is 4.79 Å². The second-order valence-corrected chi connectivity index (χ2v) is 2.58. The van der Waals surface area contributed by atoms with Crippen LogP contribution in [-0.2, 0) is 6.42 Å². The van der Waals surface area contributed by atoms with E-state index < -0.39 is 0 Å². The predicted molar refractivity (Wildman–Crippen MR) is 36.9 cm³/mol. The quantitative estimate of drug-likeness (QED) is 0.584. The van der Waals surface area contributed by atoms with Gasteiger partial charge >= 0.3 is 0 Å². The summed E-state index contributed by atoms with van der Waals surface area (Å²) in [5.74, 6) is 0. The topological polar surface area (TPSA) is 30.0 Å². The van der Waals surface area contributed by atoms with Gasteiger partial charge in [-0.3, -0.25) is 4.79 Å². The molecule has 1 aromatic rings. The van der Waals surface area contributed by atoms with E-state index in [1.807, 2.05) is 6.92 Å². The average Bonchev–Trinajstić information content (AvgIpc) is 2.34. The Hall–Kier alpha value is -0.700. The van der Waals surface area contributed by atoms with Crippen molar-refractivity contribution < 1.29 is 4.79 Å². The molecule has 0 aliphatic heterocycles. The van der Waals surface area contributed by atoms with Crippen molar-refractivity contribution in [2.75, 3.05) is 0 Å². The minimum Gasteiger partial charge on any atom is -0.296 e. The standard InChI is InChI=1S/C6H7NOS/c1-2-6-7-5(3-8)4-9-6/h3-4H,2H2,1H3. The van der Waals surface area contributed by atoms with Crippen molar-refractivity contribution in [1.29, 1.82) is 0 Å². The van der Waals surface area contributed by atoms with Gasteiger partial charge in [-0.05, 0) is 6.42 Å². The maximum Gasteiger partial charge on any atom is 0.169 e. The number of aryl methyl sites for hydroxylation is 1. The first-order chi connectivity index (χ1) is 4.36. The second kappa shape index (κ2) is 2.73. The second-order valence-electron chi connectivity index (χ2n) is 1.64. The third-order valence-corrected chi connectivity index (χ3v) is 2.00. The molecule has 0 saturated carbocycles. The van der Waals surface area contributed by atoms with Crippen molar-refractivity contribution in [3.8, 4) is 0 Å². The summed E-state index contributed by atoms with van der Waals surface area (Å²) in [5, 5.41) is 2.79. The van der Waals surface area contributed by atoms with Crippen molar-refractivity contribution in [3.05, 3.63) is 16.1 Å². The van der Waals surface area contributed by atoms with Crippen molar-refractivity contribution in [3.63, 3.8) is 0 Å². The number of hydrogen-bond donors (Lipinski definition) is 0. The van der Waals surface area contributed by atoms with E-state index in [0.717, 1.165) is 17.7 Å². The molecule has 0 aliphatic carbocycles. The van der Waals surface area contributed by atoms with Crippen LogP contribution in [0, 0.1) is 0 Å². The van der Waals surface area contributed by atoms with Crippen LogP contribution in [0.5, 0.6) is 0 Å². The van der Waals surface area contributed by atoms with E-state index in [2.05, 4.69) is 4.98 Å². The van der Waals surface area contributed by atoms with Gasteiger partial charge < -0.3 is 0 Å². The third-order valence-electron chi connectivity index (χ3n) is 0.993. The third kappa shape index (κ3) is 1.36. The highest BCUT2D eigenvalue weighted by molar-refractivity contribution is 7.09. The van der Waals surface area contributed by atoms with Crippen LogP contribution in [0.25, 0.3) is 0 Å². The van der Waals surface area contributed by atoms with Crippen LogP contribution >= 0.6 is 11.3 Å². The van der Waals surface area contributed by atoms with E-state index in [4.69, 9.17) is 0 Å². The van der Waals surface area contributed by atoms with Crippen molar-refractivity contribution in [2.24, 2.45) is 0 Å². The Morgan fingerprint density at radius 1 is 1.89 bits per heavy atom. The first-order valence-corrected chi connectivity index (χ1v) is 3.64. The first kappa shape index (κ1) is 6.42. The molecule has 9 heavy (non-hydrogen) atoms. The normalized spacial score (nSPS) is 9.44.